The van der Waals surface area contributed by atoms with Crippen LogP contribution in [-0.2, 0) is 9.16 Å². The molecule has 1 saturated heterocycles. The van der Waals surface area contributed by atoms with Gasteiger partial charge in [0.05, 0.1) is 0 Å². The topological polar surface area (TPSA) is 72.8 Å². The third-order valence-electron chi connectivity index (χ3n) is 5.18. The molecule has 0 spiro atoms. The molecule has 0 aromatic heterocycles. The summed E-state index contributed by atoms with van der Waals surface area (Å²) in [6, 6.07) is -0.382. The van der Waals surface area contributed by atoms with Crippen molar-refractivity contribution in [2.75, 3.05) is 6.54 Å². The largest absolute Gasteiger partial charge is 0.527 e. The number of ether oxygens (including phenoxy) is 1. The van der Waals surface area contributed by atoms with Crippen molar-refractivity contribution in [1.29, 1.82) is 0 Å². The second-order valence-electron chi connectivity index (χ2n) is 9.40. The molecule has 0 aliphatic carbocycles. The van der Waals surface area contributed by atoms with Crippen LogP contribution in [0.3, 0.4) is 0 Å². The zero-order valence-corrected chi connectivity index (χ0v) is 17.6. The minimum Gasteiger partial charge on any atom is -0.435 e. The van der Waals surface area contributed by atoms with Gasteiger partial charge in [0.1, 0.15) is 24.3 Å². The monoisotopic (exact) mass is 360 g/mol. The Morgan fingerprint density at radius 3 is 2.00 bits per heavy atom. The van der Waals surface area contributed by atoms with Crippen LogP contribution in [0.15, 0.2) is 0 Å². The lowest BCUT2D eigenvalue weighted by Crippen LogP contribution is -2.60. The number of carbonyl (C=O) groups is 2. The molecule has 6 nitrogen and oxygen atoms in total. The van der Waals surface area contributed by atoms with Crippen molar-refractivity contribution in [2.24, 2.45) is 0 Å². The molecule has 0 saturated carbocycles. The summed E-state index contributed by atoms with van der Waals surface area (Å²) in [6.45, 7) is 17.8. The van der Waals surface area contributed by atoms with Crippen molar-refractivity contribution in [3.05, 3.63) is 0 Å². The average molecular weight is 361 g/mol. The van der Waals surface area contributed by atoms with Crippen LogP contribution in [0.4, 0.5) is 9.59 Å². The van der Waals surface area contributed by atoms with E-state index >= 15 is 0 Å². The molecule has 3 atom stereocenters. The highest BCUT2D eigenvalue weighted by Crippen LogP contribution is 2.40. The summed E-state index contributed by atoms with van der Waals surface area (Å²) in [5, 5.41) is 9.84. The van der Waals surface area contributed by atoms with E-state index in [9.17, 15) is 14.7 Å². The van der Waals surface area contributed by atoms with Crippen molar-refractivity contribution in [2.45, 2.75) is 90.8 Å². The van der Waals surface area contributed by atoms with Crippen LogP contribution in [0.25, 0.3) is 0 Å². The van der Waals surface area contributed by atoms with E-state index in [0.29, 0.717) is 6.42 Å². The molecule has 0 radical (unpaired) electrons. The van der Waals surface area contributed by atoms with Gasteiger partial charge in [-0.25, -0.2) is 0 Å². The summed E-state index contributed by atoms with van der Waals surface area (Å²) >= 11 is 0. The van der Waals surface area contributed by atoms with Crippen molar-refractivity contribution >= 4 is 20.5 Å². The Labute approximate surface area is 146 Å². The molecule has 7 heteroatoms. The summed E-state index contributed by atoms with van der Waals surface area (Å²) in [4.78, 5) is 24.7. The second kappa shape index (κ2) is 6.42. The number of rotatable bonds is 2. The summed E-state index contributed by atoms with van der Waals surface area (Å²) < 4.78 is 11.1. The summed E-state index contributed by atoms with van der Waals surface area (Å²) in [5.74, 6) is 0. The van der Waals surface area contributed by atoms with E-state index in [1.807, 2.05) is 0 Å². The Morgan fingerprint density at radius 2 is 1.62 bits per heavy atom. The summed E-state index contributed by atoms with van der Waals surface area (Å²) in [6.07, 6.45) is -1.58. The van der Waals surface area contributed by atoms with E-state index in [0.717, 1.165) is 0 Å². The lowest BCUT2D eigenvalue weighted by molar-refractivity contribution is -0.797. The predicted molar refractivity (Wildman–Crippen MR) is 95.5 cm³/mol. The van der Waals surface area contributed by atoms with Gasteiger partial charge in [0.2, 0.25) is 0 Å². The highest BCUT2D eigenvalue weighted by atomic mass is 28.4. The number of likely N-dealkylation sites (tertiary alicyclic amines) is 1. The molecule has 1 aliphatic heterocycles. The predicted octanol–water partition coefficient (Wildman–Crippen LogP) is 4.60. The highest BCUT2D eigenvalue weighted by Gasteiger charge is 2.60. The fourth-order valence-corrected chi connectivity index (χ4v) is 4.12. The Hall–Kier alpha value is -0.923. The first-order valence-corrected chi connectivity index (χ1v) is 11.5. The van der Waals surface area contributed by atoms with Crippen LogP contribution < -0.4 is 0 Å². The number of hydrogen-bond donors (Lipinski definition) is 1. The number of imide groups is 1. The maximum Gasteiger partial charge on any atom is 0.527 e. The lowest BCUT2D eigenvalue weighted by atomic mass is 10.2. The van der Waals surface area contributed by atoms with Crippen LogP contribution in [0.2, 0.25) is 18.1 Å². The molecule has 2 amide bonds. The Bertz CT molecular complexity index is 506. The molecular formula is C17H34NO5Si+. The third-order valence-corrected chi connectivity index (χ3v) is 9.71. The van der Waals surface area contributed by atoms with Gasteiger partial charge in [0.15, 0.2) is 8.32 Å². The molecule has 140 valence electrons. The first-order valence-electron chi connectivity index (χ1n) is 8.55. The van der Waals surface area contributed by atoms with E-state index < -0.39 is 30.6 Å². The van der Waals surface area contributed by atoms with Gasteiger partial charge in [0.25, 0.3) is 0 Å². The van der Waals surface area contributed by atoms with Crippen LogP contribution in [0.5, 0.6) is 0 Å². The van der Waals surface area contributed by atoms with Gasteiger partial charge in [-0.1, -0.05) is 20.8 Å². The zero-order chi connectivity index (χ0) is 19.1. The number of quaternary nitrogens is 1. The Morgan fingerprint density at radius 1 is 1.12 bits per heavy atom. The molecule has 2 unspecified atom stereocenters. The number of carbonyl (C=O) groups excluding carboxylic acids is 1. The van der Waals surface area contributed by atoms with Crippen LogP contribution in [-0.4, -0.2) is 54.4 Å². The molecule has 0 aromatic rings. The average Bonchev–Trinajstić information content (AvgIpc) is 2.62. The quantitative estimate of drug-likeness (QED) is 0.575. The van der Waals surface area contributed by atoms with Crippen molar-refractivity contribution < 1.29 is 28.3 Å². The fraction of sp³-hybridized carbons (Fsp3) is 0.882. The summed E-state index contributed by atoms with van der Waals surface area (Å²) in [5.41, 5.74) is -0.726. The van der Waals surface area contributed by atoms with Gasteiger partial charge in [-0.15, -0.1) is 4.48 Å². The zero-order valence-electron chi connectivity index (χ0n) is 16.6. The molecular weight excluding hydrogens is 326 g/mol. The number of carboxylic acid groups (broad SMARTS) is 1. The second-order valence-corrected chi connectivity index (χ2v) is 14.2. The Balaban J connectivity index is 3.06. The van der Waals surface area contributed by atoms with Crippen molar-refractivity contribution in [3.8, 4) is 0 Å². The normalized spacial score (nSPS) is 28.7. The van der Waals surface area contributed by atoms with E-state index in [1.165, 1.54) is 0 Å². The third kappa shape index (κ3) is 4.18. The molecule has 0 aromatic carbocycles. The van der Waals surface area contributed by atoms with Gasteiger partial charge in [-0.3, -0.25) is 0 Å². The molecule has 1 heterocycles. The number of nitrogens with zero attached hydrogens (tertiary/aromatic N) is 1. The molecule has 1 N–H and O–H groups in total. The SMILES string of the molecule is CC1C[C@@H](O[Si](C)(C)C(C)(C)C)C[N+]1(C(=O)O)C(=O)OC(C)(C)C. The molecule has 1 aliphatic rings. The standard InChI is InChI=1S/C17H33NO5Si/c1-12-10-13(23-24(8,9)17(5,6)7)11-18(12,14(19)20)15(21)22-16(2,3)4/h12-13H,10-11H2,1-9H3/p+1/t12?,13-,18?/m1/s1. The van der Waals surface area contributed by atoms with Crippen molar-refractivity contribution in [1.82, 2.24) is 0 Å². The molecule has 1 rings (SSSR count). The van der Waals surface area contributed by atoms with E-state index in [4.69, 9.17) is 9.16 Å². The number of hydrogen-bond acceptors (Lipinski definition) is 4. The minimum atomic E-state index is -2.03. The maximum absolute atomic E-state index is 12.7. The lowest BCUT2D eigenvalue weighted by Gasteiger charge is -2.38. The smallest absolute Gasteiger partial charge is 0.435 e. The minimum absolute atomic E-state index is 0.0314. The van der Waals surface area contributed by atoms with Crippen LogP contribution in [0.1, 0.15) is 54.9 Å². The molecule has 0 bridgehead atoms. The van der Waals surface area contributed by atoms with Gasteiger partial charge in [-0.05, 0) is 45.8 Å². The first-order chi connectivity index (χ1) is 10.5. The van der Waals surface area contributed by atoms with E-state index in [2.05, 4.69) is 33.9 Å². The van der Waals surface area contributed by atoms with Gasteiger partial charge >= 0.3 is 12.2 Å². The van der Waals surface area contributed by atoms with Gasteiger partial charge in [0, 0.05) is 6.42 Å². The van der Waals surface area contributed by atoms with E-state index in [1.54, 1.807) is 27.7 Å². The molecule has 1 fully saturated rings. The first kappa shape index (κ1) is 21.1. The summed E-state index contributed by atoms with van der Waals surface area (Å²) in [7, 11) is -2.03. The molecule has 24 heavy (non-hydrogen) atoms. The maximum atomic E-state index is 12.7. The number of amides is 2. The Kier molecular flexibility index (Phi) is 5.65. The van der Waals surface area contributed by atoms with Gasteiger partial charge < -0.3 is 14.3 Å². The van der Waals surface area contributed by atoms with E-state index in [-0.39, 0.29) is 23.7 Å². The van der Waals surface area contributed by atoms with Gasteiger partial charge in [-0.2, -0.15) is 9.59 Å². The van der Waals surface area contributed by atoms with Crippen LogP contribution in [0, 0.1) is 0 Å². The fourth-order valence-electron chi connectivity index (χ4n) is 2.76. The van der Waals surface area contributed by atoms with Crippen molar-refractivity contribution in [3.63, 3.8) is 0 Å². The highest BCUT2D eigenvalue weighted by molar-refractivity contribution is 6.74. The van der Waals surface area contributed by atoms with Crippen LogP contribution >= 0.6 is 0 Å².